The molecule has 0 unspecified atom stereocenters. The molecule has 0 aliphatic carbocycles. The molecule has 0 aromatic heterocycles. The van der Waals surface area contributed by atoms with Crippen LogP contribution in [0.2, 0.25) is 0 Å². The molecular weight excluding hydrogens is 271 g/mol. The Morgan fingerprint density at radius 2 is 1.10 bits per heavy atom. The lowest BCUT2D eigenvalue weighted by atomic mass is 10.2. The quantitative estimate of drug-likeness (QED) is 0.462. The summed E-state index contributed by atoms with van der Waals surface area (Å²) in [7, 11) is 0.0204. The van der Waals surface area contributed by atoms with Gasteiger partial charge in [-0.1, -0.05) is 0 Å². The SMILES string of the molecule is O=C=Nc1ccc(OBOc2ccc(N=C=O)cc2)cc1. The minimum atomic E-state index is 0.0204. The molecule has 102 valence electrons. The van der Waals surface area contributed by atoms with E-state index in [1.54, 1.807) is 48.5 Å². The summed E-state index contributed by atoms with van der Waals surface area (Å²) in [5.41, 5.74) is 1.01. The highest BCUT2D eigenvalue weighted by Gasteiger charge is 2.00. The third kappa shape index (κ3) is 4.47. The van der Waals surface area contributed by atoms with Crippen molar-refractivity contribution in [3.05, 3.63) is 48.5 Å². The summed E-state index contributed by atoms with van der Waals surface area (Å²) >= 11 is 0. The molecule has 0 amide bonds. The van der Waals surface area contributed by atoms with E-state index >= 15 is 0 Å². The summed E-state index contributed by atoms with van der Waals surface area (Å²) in [4.78, 5) is 27.1. The van der Waals surface area contributed by atoms with E-state index in [1.165, 1.54) is 12.2 Å². The number of benzene rings is 2. The molecule has 0 aliphatic heterocycles. The molecule has 21 heavy (non-hydrogen) atoms. The van der Waals surface area contributed by atoms with Crippen LogP contribution in [-0.2, 0) is 9.59 Å². The smallest absolute Gasteiger partial charge is 0.529 e. The number of carbonyl (C=O) groups excluding carboxylic acids is 2. The van der Waals surface area contributed by atoms with Gasteiger partial charge >= 0.3 is 7.69 Å². The van der Waals surface area contributed by atoms with E-state index in [2.05, 4.69) is 9.98 Å². The van der Waals surface area contributed by atoms with Gasteiger partial charge in [-0.05, 0) is 48.5 Å². The molecule has 0 atom stereocenters. The second kappa shape index (κ2) is 7.45. The van der Waals surface area contributed by atoms with Crippen LogP contribution >= 0.6 is 0 Å². The summed E-state index contributed by atoms with van der Waals surface area (Å²) < 4.78 is 10.7. The third-order valence-electron chi connectivity index (χ3n) is 2.47. The summed E-state index contributed by atoms with van der Waals surface area (Å²) in [6.07, 6.45) is 2.92. The summed E-state index contributed by atoms with van der Waals surface area (Å²) in [5.74, 6) is 1.17. The highest BCUT2D eigenvalue weighted by molar-refractivity contribution is 6.20. The first-order valence-corrected chi connectivity index (χ1v) is 5.93. The maximum atomic E-state index is 10.1. The molecule has 2 aromatic rings. The van der Waals surface area contributed by atoms with Gasteiger partial charge in [0, 0.05) is 0 Å². The molecule has 0 fully saturated rings. The Balaban J connectivity index is 1.85. The maximum Gasteiger partial charge on any atom is 0.576 e. The molecule has 2 aromatic carbocycles. The van der Waals surface area contributed by atoms with Crippen molar-refractivity contribution in [3.8, 4) is 11.5 Å². The van der Waals surface area contributed by atoms with E-state index in [0.29, 0.717) is 22.9 Å². The zero-order chi connectivity index (χ0) is 14.9. The van der Waals surface area contributed by atoms with E-state index in [9.17, 15) is 9.59 Å². The van der Waals surface area contributed by atoms with E-state index in [-0.39, 0.29) is 7.69 Å². The van der Waals surface area contributed by atoms with Crippen LogP contribution in [-0.4, -0.2) is 19.8 Å². The van der Waals surface area contributed by atoms with Gasteiger partial charge < -0.3 is 9.31 Å². The Kier molecular flexibility index (Phi) is 5.07. The summed E-state index contributed by atoms with van der Waals surface area (Å²) in [6.45, 7) is 0. The van der Waals surface area contributed by atoms with Gasteiger partial charge in [-0.15, -0.1) is 0 Å². The Labute approximate surface area is 121 Å². The molecule has 0 heterocycles. The van der Waals surface area contributed by atoms with Crippen LogP contribution < -0.4 is 9.31 Å². The summed E-state index contributed by atoms with van der Waals surface area (Å²) in [6, 6.07) is 13.2. The largest absolute Gasteiger partial charge is 0.576 e. The van der Waals surface area contributed by atoms with Crippen LogP contribution in [0.5, 0.6) is 11.5 Å². The van der Waals surface area contributed by atoms with Crippen LogP contribution in [0.4, 0.5) is 11.4 Å². The minimum absolute atomic E-state index is 0.0204. The average Bonchev–Trinajstić information content (AvgIpc) is 2.51. The predicted octanol–water partition coefficient (Wildman–Crippen LogP) is 2.35. The molecule has 0 bridgehead atoms. The second-order valence-corrected chi connectivity index (χ2v) is 3.80. The van der Waals surface area contributed by atoms with E-state index in [4.69, 9.17) is 9.31 Å². The normalized spacial score (nSPS) is 8.95. The van der Waals surface area contributed by atoms with Crippen molar-refractivity contribution in [1.29, 1.82) is 0 Å². The van der Waals surface area contributed by atoms with Gasteiger partial charge in [-0.25, -0.2) is 9.59 Å². The van der Waals surface area contributed by atoms with Crippen LogP contribution in [0.25, 0.3) is 0 Å². The van der Waals surface area contributed by atoms with Crippen molar-refractivity contribution in [1.82, 2.24) is 0 Å². The fraction of sp³-hybridized carbons (Fsp3) is 0. The molecule has 2 rings (SSSR count). The van der Waals surface area contributed by atoms with Crippen LogP contribution in [0.1, 0.15) is 0 Å². The Morgan fingerprint density at radius 3 is 1.43 bits per heavy atom. The minimum Gasteiger partial charge on any atom is -0.529 e. The molecule has 0 saturated carbocycles. The fourth-order valence-electron chi connectivity index (χ4n) is 1.50. The standard InChI is InChI=1S/C14H9BN2O4/c18-9-16-11-1-5-13(6-2-11)20-15-21-14-7-3-12(4-8-14)17-10-19/h1-8,15H. The van der Waals surface area contributed by atoms with Gasteiger partial charge in [0.15, 0.2) is 0 Å². The monoisotopic (exact) mass is 280 g/mol. The first kappa shape index (κ1) is 14.3. The number of hydrogen-bond donors (Lipinski definition) is 0. The van der Waals surface area contributed by atoms with E-state index in [0.717, 1.165) is 0 Å². The van der Waals surface area contributed by atoms with Crippen molar-refractivity contribution in [2.45, 2.75) is 0 Å². The molecule has 0 radical (unpaired) electrons. The van der Waals surface area contributed by atoms with Gasteiger partial charge in [0.25, 0.3) is 0 Å². The van der Waals surface area contributed by atoms with Crippen LogP contribution in [0, 0.1) is 0 Å². The fourth-order valence-corrected chi connectivity index (χ4v) is 1.50. The molecule has 0 N–H and O–H groups in total. The lowest BCUT2D eigenvalue weighted by Crippen LogP contribution is -2.10. The van der Waals surface area contributed by atoms with Crippen molar-refractivity contribution in [2.75, 3.05) is 0 Å². The Hall–Kier alpha value is -3.14. The van der Waals surface area contributed by atoms with Gasteiger partial charge in [0.1, 0.15) is 11.5 Å². The van der Waals surface area contributed by atoms with Crippen molar-refractivity contribution >= 4 is 31.2 Å². The molecule has 0 saturated heterocycles. The maximum absolute atomic E-state index is 10.1. The zero-order valence-corrected chi connectivity index (χ0v) is 10.9. The molecular formula is C14H9BN2O4. The molecule has 6 nitrogen and oxygen atoms in total. The van der Waals surface area contributed by atoms with Crippen LogP contribution in [0.3, 0.4) is 0 Å². The number of aliphatic imine (C=N–C) groups is 2. The third-order valence-corrected chi connectivity index (χ3v) is 2.47. The number of hydrogen-bond acceptors (Lipinski definition) is 6. The molecule has 0 aliphatic rings. The summed E-state index contributed by atoms with van der Waals surface area (Å²) in [5, 5.41) is 0. The second-order valence-electron chi connectivity index (χ2n) is 3.80. The lowest BCUT2D eigenvalue weighted by molar-refractivity contribution is 0.459. The zero-order valence-electron chi connectivity index (χ0n) is 10.9. The van der Waals surface area contributed by atoms with Gasteiger partial charge in [0.05, 0.1) is 11.4 Å². The van der Waals surface area contributed by atoms with E-state index < -0.39 is 0 Å². The number of isocyanates is 2. The number of nitrogens with zero attached hydrogens (tertiary/aromatic N) is 2. The van der Waals surface area contributed by atoms with Crippen molar-refractivity contribution < 1.29 is 18.9 Å². The van der Waals surface area contributed by atoms with Crippen molar-refractivity contribution in [2.24, 2.45) is 9.98 Å². The van der Waals surface area contributed by atoms with E-state index in [1.807, 2.05) is 0 Å². The van der Waals surface area contributed by atoms with Gasteiger partial charge in [0.2, 0.25) is 12.2 Å². The highest BCUT2D eigenvalue weighted by atomic mass is 16.6. The molecule has 0 spiro atoms. The van der Waals surface area contributed by atoms with Crippen LogP contribution in [0.15, 0.2) is 58.5 Å². The highest BCUT2D eigenvalue weighted by Crippen LogP contribution is 2.19. The average molecular weight is 280 g/mol. The Morgan fingerprint density at radius 1 is 0.714 bits per heavy atom. The predicted molar refractivity (Wildman–Crippen MR) is 76.9 cm³/mol. The first-order chi connectivity index (χ1) is 10.3. The lowest BCUT2D eigenvalue weighted by Gasteiger charge is -2.07. The first-order valence-electron chi connectivity index (χ1n) is 5.93. The Bertz CT molecular complexity index is 626. The number of rotatable bonds is 6. The topological polar surface area (TPSA) is 77.3 Å². The van der Waals surface area contributed by atoms with Gasteiger partial charge in [-0.2, -0.15) is 9.98 Å². The molecule has 7 heteroatoms. The van der Waals surface area contributed by atoms with Crippen molar-refractivity contribution in [3.63, 3.8) is 0 Å². The van der Waals surface area contributed by atoms with Gasteiger partial charge in [-0.3, -0.25) is 0 Å².